The smallest absolute Gasteiger partial charge is 0.313 e. The minimum atomic E-state index is -0.806. The number of ether oxygens (including phenoxy) is 1. The second-order valence-electron chi connectivity index (χ2n) is 3.45. The van der Waals surface area contributed by atoms with Gasteiger partial charge in [0.05, 0.1) is 23.1 Å². The second kappa shape index (κ2) is 7.05. The Hall–Kier alpha value is -1.67. The van der Waals surface area contributed by atoms with Gasteiger partial charge in [-0.2, -0.15) is 0 Å². The van der Waals surface area contributed by atoms with Crippen LogP contribution in [0.4, 0.5) is 5.69 Å². The normalized spacial score (nSPS) is 9.58. The molecule has 0 saturated heterocycles. The summed E-state index contributed by atoms with van der Waals surface area (Å²) in [4.78, 5) is 23.0. The minimum Gasteiger partial charge on any atom is -0.496 e. The van der Waals surface area contributed by atoms with Crippen LogP contribution in [0.5, 0.6) is 5.75 Å². The summed E-state index contributed by atoms with van der Waals surface area (Å²) in [5.74, 6) is -0.982. The number of anilines is 1. The van der Waals surface area contributed by atoms with E-state index in [9.17, 15) is 9.59 Å². The molecule has 1 rings (SSSR count). The molecule has 0 aliphatic carbocycles. The summed E-state index contributed by atoms with van der Waals surface area (Å²) in [5, 5.41) is 4.72. The first-order chi connectivity index (χ1) is 8.93. The van der Waals surface area contributed by atoms with E-state index in [1.165, 1.54) is 7.11 Å². The molecule has 0 bridgehead atoms. The van der Waals surface area contributed by atoms with Gasteiger partial charge in [-0.05, 0) is 34.1 Å². The van der Waals surface area contributed by atoms with Crippen molar-refractivity contribution in [1.82, 2.24) is 5.32 Å². The maximum atomic E-state index is 11.5. The Balaban J connectivity index is 2.64. The molecular weight excluding hydrogens is 334 g/mol. The summed E-state index contributed by atoms with van der Waals surface area (Å²) < 4.78 is 5.71. The van der Waals surface area contributed by atoms with Gasteiger partial charge >= 0.3 is 11.8 Å². The molecule has 0 fully saturated rings. The minimum absolute atomic E-state index is 0.0199. The lowest BCUT2D eigenvalue weighted by Crippen LogP contribution is -2.39. The van der Waals surface area contributed by atoms with Crippen LogP contribution >= 0.6 is 28.1 Å². The zero-order chi connectivity index (χ0) is 14.4. The van der Waals surface area contributed by atoms with E-state index in [2.05, 4.69) is 38.8 Å². The van der Waals surface area contributed by atoms with E-state index in [1.807, 2.05) is 0 Å². The maximum absolute atomic E-state index is 11.5. The number of carbonyl (C=O) groups excluding carboxylic acids is 2. The van der Waals surface area contributed by atoms with Crippen LogP contribution in [0, 0.1) is 0 Å². The molecule has 0 heterocycles. The Morgan fingerprint density at radius 1 is 1.42 bits per heavy atom. The molecule has 8 heteroatoms. The van der Waals surface area contributed by atoms with Crippen molar-refractivity contribution in [2.45, 2.75) is 0 Å². The Labute approximate surface area is 123 Å². The molecule has 6 nitrogen and oxygen atoms in total. The first kappa shape index (κ1) is 15.4. The van der Waals surface area contributed by atoms with Crippen LogP contribution in [0.2, 0.25) is 0 Å². The second-order valence-corrected chi connectivity index (χ2v) is 4.83. The standard InChI is InChI=1S/C11H12BrN3O3S/c1-18-8-3-2-6(4-7(8)12)15-11(17)10(16)14-5-9(13)19/h2-4H,5H2,1H3,(H2,13,19)(H,14,16)(H,15,17). The molecule has 19 heavy (non-hydrogen) atoms. The fourth-order valence-electron chi connectivity index (χ4n) is 1.18. The molecule has 0 unspecified atom stereocenters. The third-order valence-corrected chi connectivity index (χ3v) is 2.80. The largest absolute Gasteiger partial charge is 0.496 e. The van der Waals surface area contributed by atoms with Crippen LogP contribution in [-0.4, -0.2) is 30.5 Å². The lowest BCUT2D eigenvalue weighted by molar-refractivity contribution is -0.135. The predicted molar refractivity (Wildman–Crippen MR) is 79.1 cm³/mol. The number of rotatable bonds is 4. The molecule has 0 aliphatic heterocycles. The number of halogens is 1. The van der Waals surface area contributed by atoms with E-state index in [0.717, 1.165) is 0 Å². The molecule has 1 aromatic rings. The first-order valence-electron chi connectivity index (χ1n) is 5.15. The van der Waals surface area contributed by atoms with E-state index in [-0.39, 0.29) is 11.5 Å². The zero-order valence-electron chi connectivity index (χ0n) is 10.0. The van der Waals surface area contributed by atoms with Gasteiger partial charge in [-0.15, -0.1) is 0 Å². The van der Waals surface area contributed by atoms with Gasteiger partial charge in [-0.1, -0.05) is 12.2 Å². The first-order valence-corrected chi connectivity index (χ1v) is 6.35. The molecule has 0 spiro atoms. The third kappa shape index (κ3) is 4.84. The summed E-state index contributed by atoms with van der Waals surface area (Å²) >= 11 is 7.86. The van der Waals surface area contributed by atoms with Crippen molar-refractivity contribution >= 4 is 50.6 Å². The molecule has 1 aromatic carbocycles. The van der Waals surface area contributed by atoms with E-state index >= 15 is 0 Å². The zero-order valence-corrected chi connectivity index (χ0v) is 12.4. The van der Waals surface area contributed by atoms with Gasteiger partial charge in [0.2, 0.25) is 0 Å². The highest BCUT2D eigenvalue weighted by Crippen LogP contribution is 2.27. The van der Waals surface area contributed by atoms with E-state index < -0.39 is 11.8 Å². The topological polar surface area (TPSA) is 93.4 Å². The number of benzene rings is 1. The highest BCUT2D eigenvalue weighted by Gasteiger charge is 2.14. The van der Waals surface area contributed by atoms with Crippen LogP contribution in [0.3, 0.4) is 0 Å². The third-order valence-electron chi connectivity index (χ3n) is 2.04. The van der Waals surface area contributed by atoms with Gasteiger partial charge < -0.3 is 21.1 Å². The fourth-order valence-corrected chi connectivity index (χ4v) is 1.79. The Bertz CT molecular complexity index is 522. The van der Waals surface area contributed by atoms with Crippen molar-refractivity contribution in [1.29, 1.82) is 0 Å². The van der Waals surface area contributed by atoms with Gasteiger partial charge in [0.1, 0.15) is 5.75 Å². The van der Waals surface area contributed by atoms with Gasteiger partial charge in [0, 0.05) is 5.69 Å². The van der Waals surface area contributed by atoms with Crippen molar-refractivity contribution in [2.75, 3.05) is 19.0 Å². The van der Waals surface area contributed by atoms with Crippen molar-refractivity contribution in [2.24, 2.45) is 5.73 Å². The van der Waals surface area contributed by atoms with Gasteiger partial charge in [0.15, 0.2) is 0 Å². The van der Waals surface area contributed by atoms with Crippen molar-refractivity contribution in [3.63, 3.8) is 0 Å². The Morgan fingerprint density at radius 2 is 2.11 bits per heavy atom. The predicted octanol–water partition coefficient (Wildman–Crippen LogP) is 0.799. The summed E-state index contributed by atoms with van der Waals surface area (Å²) in [6.45, 7) is -0.0199. The van der Waals surface area contributed by atoms with Crippen LogP contribution in [0.1, 0.15) is 0 Å². The number of nitrogens with one attached hydrogen (secondary N) is 2. The van der Waals surface area contributed by atoms with E-state index in [1.54, 1.807) is 18.2 Å². The highest BCUT2D eigenvalue weighted by atomic mass is 79.9. The molecule has 0 atom stereocenters. The van der Waals surface area contributed by atoms with Crippen LogP contribution < -0.4 is 21.1 Å². The van der Waals surface area contributed by atoms with Crippen LogP contribution in [0.25, 0.3) is 0 Å². The van der Waals surface area contributed by atoms with Crippen molar-refractivity contribution < 1.29 is 14.3 Å². The molecular formula is C11H12BrN3O3S. The number of nitrogens with two attached hydrogens (primary N) is 1. The van der Waals surface area contributed by atoms with Crippen molar-refractivity contribution in [3.05, 3.63) is 22.7 Å². The number of hydrogen-bond donors (Lipinski definition) is 3. The number of thiocarbonyl (C=S) groups is 1. The molecule has 0 aromatic heterocycles. The fraction of sp³-hybridized carbons (Fsp3) is 0.182. The quantitative estimate of drug-likeness (QED) is 0.554. The average Bonchev–Trinajstić information content (AvgIpc) is 2.36. The number of amides is 2. The van der Waals surface area contributed by atoms with E-state index in [4.69, 9.17) is 10.5 Å². The van der Waals surface area contributed by atoms with Gasteiger partial charge in [-0.25, -0.2) is 0 Å². The molecule has 0 aliphatic rings. The Morgan fingerprint density at radius 3 is 2.63 bits per heavy atom. The molecule has 0 saturated carbocycles. The molecule has 4 N–H and O–H groups in total. The number of hydrogen-bond acceptors (Lipinski definition) is 4. The van der Waals surface area contributed by atoms with Crippen LogP contribution in [0.15, 0.2) is 22.7 Å². The molecule has 102 valence electrons. The van der Waals surface area contributed by atoms with Crippen LogP contribution in [-0.2, 0) is 9.59 Å². The molecule has 2 amide bonds. The van der Waals surface area contributed by atoms with Crippen molar-refractivity contribution in [3.8, 4) is 5.75 Å². The summed E-state index contributed by atoms with van der Waals surface area (Å²) in [6.07, 6.45) is 0. The average molecular weight is 346 g/mol. The number of methoxy groups -OCH3 is 1. The van der Waals surface area contributed by atoms with Gasteiger partial charge in [0.25, 0.3) is 0 Å². The highest BCUT2D eigenvalue weighted by molar-refractivity contribution is 9.10. The lowest BCUT2D eigenvalue weighted by Gasteiger charge is -2.08. The SMILES string of the molecule is COc1ccc(NC(=O)C(=O)NCC(N)=S)cc1Br. The molecule has 0 radical (unpaired) electrons. The summed E-state index contributed by atoms with van der Waals surface area (Å²) in [5.41, 5.74) is 5.67. The Kier molecular flexibility index (Phi) is 5.71. The number of carbonyl (C=O) groups is 2. The summed E-state index contributed by atoms with van der Waals surface area (Å²) in [6, 6.07) is 4.90. The summed E-state index contributed by atoms with van der Waals surface area (Å²) in [7, 11) is 1.53. The lowest BCUT2D eigenvalue weighted by atomic mass is 10.3. The van der Waals surface area contributed by atoms with Gasteiger partial charge in [-0.3, -0.25) is 9.59 Å². The van der Waals surface area contributed by atoms with E-state index in [0.29, 0.717) is 15.9 Å². The maximum Gasteiger partial charge on any atom is 0.313 e. The monoisotopic (exact) mass is 345 g/mol.